The second-order valence-electron chi connectivity index (χ2n) is 6.33. The molecule has 1 heterocycles. The molecule has 3 rings (SSSR count). The molecule has 156 valence electrons. The lowest BCUT2D eigenvalue weighted by Crippen LogP contribution is -2.34. The first-order chi connectivity index (χ1) is 14.5. The molecular formula is C22H22FN3O4. The summed E-state index contributed by atoms with van der Waals surface area (Å²) in [6.45, 7) is 2.67. The van der Waals surface area contributed by atoms with Crippen LogP contribution in [0.2, 0.25) is 0 Å². The topological polar surface area (TPSA) is 82.4 Å². The zero-order chi connectivity index (χ0) is 21.3. The van der Waals surface area contributed by atoms with Gasteiger partial charge in [-0.1, -0.05) is 6.07 Å². The summed E-state index contributed by atoms with van der Waals surface area (Å²) in [4.78, 5) is 24.0. The quantitative estimate of drug-likeness (QED) is 0.585. The fourth-order valence-corrected chi connectivity index (χ4v) is 2.71. The Bertz CT molecular complexity index is 1050. The monoisotopic (exact) mass is 411 g/mol. The summed E-state index contributed by atoms with van der Waals surface area (Å²) >= 11 is 0. The highest BCUT2D eigenvalue weighted by Gasteiger charge is 2.06. The number of ether oxygens (including phenoxy) is 2. The van der Waals surface area contributed by atoms with E-state index in [9.17, 15) is 14.0 Å². The second-order valence-corrected chi connectivity index (χ2v) is 6.33. The molecule has 30 heavy (non-hydrogen) atoms. The molecule has 1 amide bonds. The van der Waals surface area contributed by atoms with Crippen molar-refractivity contribution >= 4 is 5.91 Å². The van der Waals surface area contributed by atoms with E-state index in [1.165, 1.54) is 22.9 Å². The largest absolute Gasteiger partial charge is 0.494 e. The summed E-state index contributed by atoms with van der Waals surface area (Å²) < 4.78 is 25.2. The van der Waals surface area contributed by atoms with Crippen LogP contribution in [-0.2, 0) is 11.3 Å². The van der Waals surface area contributed by atoms with E-state index in [2.05, 4.69) is 10.4 Å². The van der Waals surface area contributed by atoms with Crippen molar-refractivity contribution in [1.82, 2.24) is 15.1 Å². The second kappa shape index (κ2) is 10.2. The Morgan fingerprint density at radius 1 is 1.07 bits per heavy atom. The minimum Gasteiger partial charge on any atom is -0.494 e. The molecule has 0 spiro atoms. The van der Waals surface area contributed by atoms with E-state index in [4.69, 9.17) is 9.47 Å². The van der Waals surface area contributed by atoms with Gasteiger partial charge in [0.1, 0.15) is 17.3 Å². The van der Waals surface area contributed by atoms with E-state index >= 15 is 0 Å². The van der Waals surface area contributed by atoms with Crippen LogP contribution in [0.15, 0.2) is 65.5 Å². The number of carbonyl (C=O) groups is 1. The number of nitrogens with one attached hydrogen (secondary N) is 1. The summed E-state index contributed by atoms with van der Waals surface area (Å²) in [5.41, 5.74) is 0.939. The maximum absolute atomic E-state index is 13.1. The smallest absolute Gasteiger partial charge is 0.266 e. The first kappa shape index (κ1) is 21.0. The Kier molecular flexibility index (Phi) is 7.15. The van der Waals surface area contributed by atoms with Gasteiger partial charge in [-0.3, -0.25) is 9.59 Å². The number of aromatic nitrogens is 2. The van der Waals surface area contributed by atoms with Crippen LogP contribution in [0, 0.1) is 5.82 Å². The van der Waals surface area contributed by atoms with Gasteiger partial charge in [-0.15, -0.1) is 0 Å². The van der Waals surface area contributed by atoms with Gasteiger partial charge < -0.3 is 14.8 Å². The predicted molar refractivity (Wildman–Crippen MR) is 110 cm³/mol. The highest BCUT2D eigenvalue weighted by Crippen LogP contribution is 2.19. The van der Waals surface area contributed by atoms with Crippen molar-refractivity contribution in [2.45, 2.75) is 13.5 Å². The molecule has 0 saturated carbocycles. The van der Waals surface area contributed by atoms with Crippen molar-refractivity contribution < 1.29 is 18.7 Å². The number of amides is 1. The zero-order valence-electron chi connectivity index (χ0n) is 16.5. The molecule has 8 heteroatoms. The molecule has 0 atom stereocenters. The van der Waals surface area contributed by atoms with Crippen molar-refractivity contribution in [1.29, 1.82) is 0 Å². The maximum atomic E-state index is 13.1. The first-order valence-electron chi connectivity index (χ1n) is 9.51. The van der Waals surface area contributed by atoms with Crippen molar-refractivity contribution in [2.75, 3.05) is 19.8 Å². The van der Waals surface area contributed by atoms with Gasteiger partial charge in [0.05, 0.1) is 18.8 Å². The van der Waals surface area contributed by atoms with Gasteiger partial charge in [-0.05, 0) is 49.4 Å². The van der Waals surface area contributed by atoms with Crippen molar-refractivity contribution in [3.05, 3.63) is 76.8 Å². The van der Waals surface area contributed by atoms with Crippen molar-refractivity contribution in [3.8, 4) is 22.8 Å². The van der Waals surface area contributed by atoms with E-state index in [1.54, 1.807) is 42.5 Å². The Balaban J connectivity index is 1.51. The van der Waals surface area contributed by atoms with E-state index in [0.717, 1.165) is 0 Å². The fraction of sp³-hybridized carbons (Fsp3) is 0.227. The summed E-state index contributed by atoms with van der Waals surface area (Å²) in [6.07, 6.45) is 0. The van der Waals surface area contributed by atoms with Crippen LogP contribution in [0.3, 0.4) is 0 Å². The third-order valence-corrected chi connectivity index (χ3v) is 4.14. The lowest BCUT2D eigenvalue weighted by atomic mass is 10.1. The van der Waals surface area contributed by atoms with E-state index < -0.39 is 0 Å². The first-order valence-corrected chi connectivity index (χ1v) is 9.51. The standard InChI is InChI=1S/C22H22FN3O4/c1-2-29-18-4-3-5-19(14-18)30-15-21(27)24-12-13-26-22(28)11-10-20(25-26)16-6-8-17(23)9-7-16/h3-11,14H,2,12-13,15H2,1H3,(H,24,27). The normalized spacial score (nSPS) is 10.5. The fourth-order valence-electron chi connectivity index (χ4n) is 2.71. The predicted octanol–water partition coefficient (Wildman–Crippen LogP) is 2.64. The SMILES string of the molecule is CCOc1cccc(OCC(=O)NCCn2nc(-c3ccc(F)cc3)ccc2=O)c1. The molecule has 0 aliphatic heterocycles. The van der Waals surface area contributed by atoms with Crippen LogP contribution >= 0.6 is 0 Å². The zero-order valence-corrected chi connectivity index (χ0v) is 16.5. The van der Waals surface area contributed by atoms with Gasteiger partial charge in [-0.25, -0.2) is 9.07 Å². The lowest BCUT2D eigenvalue weighted by Gasteiger charge is -2.10. The molecule has 0 aliphatic rings. The number of hydrogen-bond acceptors (Lipinski definition) is 5. The highest BCUT2D eigenvalue weighted by atomic mass is 19.1. The summed E-state index contributed by atoms with van der Waals surface area (Å²) in [5.74, 6) is 0.532. The van der Waals surface area contributed by atoms with E-state index in [1.807, 2.05) is 6.92 Å². The number of rotatable bonds is 9. The summed E-state index contributed by atoms with van der Waals surface area (Å²) in [6, 6.07) is 15.8. The van der Waals surface area contributed by atoms with E-state index in [-0.39, 0.29) is 37.0 Å². The Morgan fingerprint density at radius 3 is 2.53 bits per heavy atom. The average molecular weight is 411 g/mol. The molecule has 0 radical (unpaired) electrons. The summed E-state index contributed by atoms with van der Waals surface area (Å²) in [5, 5.41) is 6.97. The Hall–Kier alpha value is -3.68. The van der Waals surface area contributed by atoms with Crippen LogP contribution in [0.25, 0.3) is 11.3 Å². The molecule has 1 N–H and O–H groups in total. The number of nitrogens with zero attached hydrogens (tertiary/aromatic N) is 2. The van der Waals surface area contributed by atoms with Gasteiger partial charge >= 0.3 is 0 Å². The maximum Gasteiger partial charge on any atom is 0.266 e. The molecule has 7 nitrogen and oxygen atoms in total. The van der Waals surface area contributed by atoms with Gasteiger partial charge in [0.25, 0.3) is 11.5 Å². The highest BCUT2D eigenvalue weighted by molar-refractivity contribution is 5.77. The van der Waals surface area contributed by atoms with Crippen molar-refractivity contribution in [3.63, 3.8) is 0 Å². The molecule has 0 fully saturated rings. The lowest BCUT2D eigenvalue weighted by molar-refractivity contribution is -0.123. The molecule has 0 aliphatic carbocycles. The molecule has 1 aromatic heterocycles. The number of halogens is 1. The van der Waals surface area contributed by atoms with E-state index in [0.29, 0.717) is 29.4 Å². The molecule has 0 unspecified atom stereocenters. The minimum absolute atomic E-state index is 0.159. The molecule has 0 bridgehead atoms. The Morgan fingerprint density at radius 2 is 1.80 bits per heavy atom. The average Bonchev–Trinajstić information content (AvgIpc) is 2.75. The van der Waals surface area contributed by atoms with Crippen LogP contribution in [0.1, 0.15) is 6.92 Å². The summed E-state index contributed by atoms with van der Waals surface area (Å²) in [7, 11) is 0. The molecule has 3 aromatic rings. The van der Waals surface area contributed by atoms with Crippen LogP contribution in [-0.4, -0.2) is 35.4 Å². The van der Waals surface area contributed by atoms with Crippen LogP contribution < -0.4 is 20.3 Å². The third-order valence-electron chi connectivity index (χ3n) is 4.14. The molecule has 0 saturated heterocycles. The van der Waals surface area contributed by atoms with Crippen LogP contribution in [0.4, 0.5) is 4.39 Å². The van der Waals surface area contributed by atoms with Crippen molar-refractivity contribution in [2.24, 2.45) is 0 Å². The minimum atomic E-state index is -0.346. The number of hydrogen-bond donors (Lipinski definition) is 1. The third kappa shape index (κ3) is 5.91. The Labute approximate surface area is 173 Å². The van der Waals surface area contributed by atoms with Crippen LogP contribution in [0.5, 0.6) is 11.5 Å². The molecule has 2 aromatic carbocycles. The van der Waals surface area contributed by atoms with Gasteiger partial charge in [0.15, 0.2) is 6.61 Å². The number of carbonyl (C=O) groups excluding carboxylic acids is 1. The van der Waals surface area contributed by atoms with Gasteiger partial charge in [0.2, 0.25) is 0 Å². The molecular weight excluding hydrogens is 389 g/mol. The number of benzene rings is 2. The van der Waals surface area contributed by atoms with Gasteiger partial charge in [0, 0.05) is 24.2 Å². The van der Waals surface area contributed by atoms with Gasteiger partial charge in [-0.2, -0.15) is 5.10 Å².